The van der Waals surface area contributed by atoms with Gasteiger partial charge in [-0.15, -0.1) is 0 Å². The SMILES string of the molecule is CC=CC(C)(O)CCCCCCCCC. The Labute approximate surface area is 95.6 Å². The van der Waals surface area contributed by atoms with Crippen molar-refractivity contribution < 1.29 is 5.11 Å². The maximum absolute atomic E-state index is 9.87. The van der Waals surface area contributed by atoms with Gasteiger partial charge < -0.3 is 5.11 Å². The van der Waals surface area contributed by atoms with Crippen LogP contribution in [0.25, 0.3) is 0 Å². The van der Waals surface area contributed by atoms with Crippen LogP contribution in [0.4, 0.5) is 0 Å². The van der Waals surface area contributed by atoms with Crippen LogP contribution in [0, 0.1) is 0 Å². The minimum absolute atomic E-state index is 0.585. The molecule has 1 unspecified atom stereocenters. The Hall–Kier alpha value is -0.300. The van der Waals surface area contributed by atoms with Gasteiger partial charge in [0, 0.05) is 0 Å². The van der Waals surface area contributed by atoms with E-state index in [1.165, 1.54) is 38.5 Å². The molecule has 0 aromatic carbocycles. The Kier molecular flexibility index (Phi) is 8.79. The van der Waals surface area contributed by atoms with Gasteiger partial charge in [-0.3, -0.25) is 0 Å². The molecule has 0 bridgehead atoms. The van der Waals surface area contributed by atoms with E-state index in [4.69, 9.17) is 0 Å². The van der Waals surface area contributed by atoms with Crippen LogP contribution in [0.5, 0.6) is 0 Å². The summed E-state index contributed by atoms with van der Waals surface area (Å²) in [5.74, 6) is 0. The Bertz CT molecular complexity index is 159. The summed E-state index contributed by atoms with van der Waals surface area (Å²) in [4.78, 5) is 0. The van der Waals surface area contributed by atoms with E-state index in [1.807, 2.05) is 26.0 Å². The number of rotatable bonds is 9. The van der Waals surface area contributed by atoms with Crippen LogP contribution in [-0.4, -0.2) is 10.7 Å². The highest BCUT2D eigenvalue weighted by molar-refractivity contribution is 4.95. The lowest BCUT2D eigenvalue weighted by atomic mass is 9.97. The molecule has 0 radical (unpaired) electrons. The summed E-state index contributed by atoms with van der Waals surface area (Å²) >= 11 is 0. The van der Waals surface area contributed by atoms with Gasteiger partial charge in [0.2, 0.25) is 0 Å². The Morgan fingerprint density at radius 3 is 2.07 bits per heavy atom. The van der Waals surface area contributed by atoms with E-state index in [9.17, 15) is 5.11 Å². The smallest absolute Gasteiger partial charge is 0.0799 e. The molecule has 0 spiro atoms. The quantitative estimate of drug-likeness (QED) is 0.442. The summed E-state index contributed by atoms with van der Waals surface area (Å²) in [6, 6.07) is 0. The van der Waals surface area contributed by atoms with Gasteiger partial charge >= 0.3 is 0 Å². The van der Waals surface area contributed by atoms with E-state index >= 15 is 0 Å². The predicted molar refractivity (Wildman–Crippen MR) is 68.0 cm³/mol. The molecular weight excluding hydrogens is 184 g/mol. The molecule has 0 aliphatic heterocycles. The topological polar surface area (TPSA) is 20.2 Å². The molecule has 0 amide bonds. The van der Waals surface area contributed by atoms with Crippen molar-refractivity contribution in [2.24, 2.45) is 0 Å². The first-order valence-electron chi connectivity index (χ1n) is 6.48. The standard InChI is InChI=1S/C14H28O/c1-4-6-7-8-9-10-11-13-14(3,15)12-5-2/h5,12,15H,4,6-11,13H2,1-3H3. The second-order valence-corrected chi connectivity index (χ2v) is 4.73. The molecule has 0 saturated heterocycles. The minimum atomic E-state index is -0.585. The Morgan fingerprint density at radius 1 is 1.00 bits per heavy atom. The van der Waals surface area contributed by atoms with E-state index < -0.39 is 5.60 Å². The zero-order valence-corrected chi connectivity index (χ0v) is 10.8. The average Bonchev–Trinajstić information content (AvgIpc) is 2.16. The van der Waals surface area contributed by atoms with Gasteiger partial charge in [0.15, 0.2) is 0 Å². The monoisotopic (exact) mass is 212 g/mol. The molecule has 0 aliphatic carbocycles. The van der Waals surface area contributed by atoms with Crippen molar-refractivity contribution >= 4 is 0 Å². The zero-order valence-electron chi connectivity index (χ0n) is 10.8. The van der Waals surface area contributed by atoms with Crippen molar-refractivity contribution in [2.45, 2.75) is 77.7 Å². The normalized spacial score (nSPS) is 15.7. The first-order chi connectivity index (χ1) is 7.12. The maximum Gasteiger partial charge on any atom is 0.0799 e. The summed E-state index contributed by atoms with van der Waals surface area (Å²) in [6.07, 6.45) is 13.9. The molecule has 15 heavy (non-hydrogen) atoms. The number of allylic oxidation sites excluding steroid dienone is 1. The lowest BCUT2D eigenvalue weighted by Gasteiger charge is -2.18. The minimum Gasteiger partial charge on any atom is -0.386 e. The summed E-state index contributed by atoms with van der Waals surface area (Å²) in [6.45, 7) is 6.09. The van der Waals surface area contributed by atoms with Crippen LogP contribution in [-0.2, 0) is 0 Å². The molecule has 0 heterocycles. The second kappa shape index (κ2) is 8.96. The predicted octanol–water partition coefficient (Wildman–Crippen LogP) is 4.45. The van der Waals surface area contributed by atoms with Crippen LogP contribution >= 0.6 is 0 Å². The summed E-state index contributed by atoms with van der Waals surface area (Å²) in [5, 5.41) is 9.87. The number of hydrogen-bond donors (Lipinski definition) is 1. The van der Waals surface area contributed by atoms with Crippen molar-refractivity contribution in [3.8, 4) is 0 Å². The molecule has 90 valence electrons. The number of hydrogen-bond acceptors (Lipinski definition) is 1. The first-order valence-corrected chi connectivity index (χ1v) is 6.48. The molecule has 1 N–H and O–H groups in total. The van der Waals surface area contributed by atoms with E-state index in [2.05, 4.69) is 6.92 Å². The van der Waals surface area contributed by atoms with Gasteiger partial charge in [0.25, 0.3) is 0 Å². The molecule has 0 fully saturated rings. The second-order valence-electron chi connectivity index (χ2n) is 4.73. The molecule has 0 rings (SSSR count). The van der Waals surface area contributed by atoms with E-state index in [0.717, 1.165) is 12.8 Å². The third kappa shape index (κ3) is 9.99. The van der Waals surface area contributed by atoms with E-state index in [1.54, 1.807) is 0 Å². The lowest BCUT2D eigenvalue weighted by Crippen LogP contribution is -2.20. The average molecular weight is 212 g/mol. The van der Waals surface area contributed by atoms with Crippen LogP contribution in [0.3, 0.4) is 0 Å². The highest BCUT2D eigenvalue weighted by atomic mass is 16.3. The van der Waals surface area contributed by atoms with Gasteiger partial charge in [-0.1, -0.05) is 64.0 Å². The van der Waals surface area contributed by atoms with Crippen LogP contribution in [0.1, 0.15) is 72.1 Å². The molecule has 0 saturated carbocycles. The van der Waals surface area contributed by atoms with Gasteiger partial charge in [0.05, 0.1) is 5.60 Å². The van der Waals surface area contributed by atoms with Crippen LogP contribution in [0.2, 0.25) is 0 Å². The first kappa shape index (κ1) is 14.7. The van der Waals surface area contributed by atoms with Gasteiger partial charge in [-0.2, -0.15) is 0 Å². The van der Waals surface area contributed by atoms with E-state index in [0.29, 0.717) is 0 Å². The van der Waals surface area contributed by atoms with Crippen molar-refractivity contribution in [3.05, 3.63) is 12.2 Å². The largest absolute Gasteiger partial charge is 0.386 e. The Balaban J connectivity index is 3.30. The molecule has 0 aromatic heterocycles. The van der Waals surface area contributed by atoms with Crippen molar-refractivity contribution in [1.82, 2.24) is 0 Å². The Morgan fingerprint density at radius 2 is 1.53 bits per heavy atom. The van der Waals surface area contributed by atoms with Crippen molar-refractivity contribution in [3.63, 3.8) is 0 Å². The molecule has 1 heteroatoms. The molecule has 0 aliphatic rings. The number of aliphatic hydroxyl groups is 1. The molecule has 1 atom stereocenters. The van der Waals surface area contributed by atoms with Crippen LogP contribution in [0.15, 0.2) is 12.2 Å². The maximum atomic E-state index is 9.87. The number of unbranched alkanes of at least 4 members (excludes halogenated alkanes) is 6. The third-order valence-electron chi connectivity index (χ3n) is 2.81. The zero-order chi connectivity index (χ0) is 11.6. The van der Waals surface area contributed by atoms with Gasteiger partial charge in [0.1, 0.15) is 0 Å². The van der Waals surface area contributed by atoms with E-state index in [-0.39, 0.29) is 0 Å². The molecule has 0 aromatic rings. The third-order valence-corrected chi connectivity index (χ3v) is 2.81. The fraction of sp³-hybridized carbons (Fsp3) is 0.857. The summed E-state index contributed by atoms with van der Waals surface area (Å²) in [5.41, 5.74) is -0.585. The molecule has 1 nitrogen and oxygen atoms in total. The van der Waals surface area contributed by atoms with Gasteiger partial charge in [-0.05, 0) is 20.3 Å². The fourth-order valence-electron chi connectivity index (χ4n) is 1.88. The highest BCUT2D eigenvalue weighted by Gasteiger charge is 2.14. The molecular formula is C14H28O. The summed E-state index contributed by atoms with van der Waals surface area (Å²) < 4.78 is 0. The highest BCUT2D eigenvalue weighted by Crippen LogP contribution is 2.17. The van der Waals surface area contributed by atoms with Crippen molar-refractivity contribution in [2.75, 3.05) is 0 Å². The van der Waals surface area contributed by atoms with Crippen LogP contribution < -0.4 is 0 Å². The fourth-order valence-corrected chi connectivity index (χ4v) is 1.88. The van der Waals surface area contributed by atoms with Crippen molar-refractivity contribution in [1.29, 1.82) is 0 Å². The summed E-state index contributed by atoms with van der Waals surface area (Å²) in [7, 11) is 0. The lowest BCUT2D eigenvalue weighted by molar-refractivity contribution is 0.0983. The van der Waals surface area contributed by atoms with Gasteiger partial charge in [-0.25, -0.2) is 0 Å².